The first-order valence-corrected chi connectivity index (χ1v) is 26.7. The molecular formula is C56H64F2N10O6. The van der Waals surface area contributed by atoms with Gasteiger partial charge in [0.05, 0.1) is 47.9 Å². The minimum absolute atomic E-state index is 0.0376. The number of benzene rings is 3. The molecule has 0 radical (unpaired) electrons. The number of pyridine rings is 1. The zero-order valence-corrected chi connectivity index (χ0v) is 42.3. The number of carbonyl (C=O) groups is 3. The number of phenols is 1. The smallest absolute Gasteiger partial charge is 0.319 e. The lowest BCUT2D eigenvalue weighted by Crippen LogP contribution is -2.56. The van der Waals surface area contributed by atoms with E-state index in [1.54, 1.807) is 18.3 Å². The molecule has 2 N–H and O–H groups in total. The van der Waals surface area contributed by atoms with Crippen molar-refractivity contribution in [3.63, 3.8) is 0 Å². The number of likely N-dealkylation sites (tertiary alicyclic amines) is 1. The number of hydrogen-bond acceptors (Lipinski definition) is 13. The van der Waals surface area contributed by atoms with Gasteiger partial charge in [0, 0.05) is 81.7 Å². The maximum Gasteiger partial charge on any atom is 0.319 e. The number of fused-ring (bicyclic) bond motifs is 3. The Morgan fingerprint density at radius 2 is 1.76 bits per heavy atom. The van der Waals surface area contributed by atoms with Gasteiger partial charge in [-0.2, -0.15) is 15.1 Å². The van der Waals surface area contributed by atoms with Crippen LogP contribution in [-0.4, -0.2) is 147 Å². The zero-order chi connectivity index (χ0) is 50.9. The van der Waals surface area contributed by atoms with Crippen LogP contribution < -0.4 is 15.0 Å². The molecule has 12 rings (SSSR count). The summed E-state index contributed by atoms with van der Waals surface area (Å²) in [5.41, 5.74) is 3.26. The summed E-state index contributed by atoms with van der Waals surface area (Å²) in [4.78, 5) is 61.5. The number of phenolic OH excluding ortho intramolecular Hbond substituents is 1. The number of ether oxygens (including phenoxy) is 2. The van der Waals surface area contributed by atoms with E-state index in [2.05, 4.69) is 43.2 Å². The van der Waals surface area contributed by atoms with Crippen molar-refractivity contribution >= 4 is 56.1 Å². The van der Waals surface area contributed by atoms with Crippen molar-refractivity contribution in [2.24, 2.45) is 12.5 Å². The molecule has 5 saturated heterocycles. The highest BCUT2D eigenvalue weighted by atomic mass is 19.1. The number of aryl methyl sites for hydroxylation is 2. The summed E-state index contributed by atoms with van der Waals surface area (Å²) in [6.45, 7) is 10.1. The maximum atomic E-state index is 17.3. The van der Waals surface area contributed by atoms with Gasteiger partial charge in [0.15, 0.2) is 5.82 Å². The predicted molar refractivity (Wildman–Crippen MR) is 275 cm³/mol. The van der Waals surface area contributed by atoms with Gasteiger partial charge in [-0.05, 0) is 130 Å². The highest BCUT2D eigenvalue weighted by Gasteiger charge is 2.46. The monoisotopic (exact) mass is 1010 g/mol. The second kappa shape index (κ2) is 19.4. The van der Waals surface area contributed by atoms with Crippen molar-refractivity contribution in [1.29, 1.82) is 0 Å². The number of nitrogens with zero attached hydrogens (tertiary/aromatic N) is 9. The molecule has 6 aliphatic rings. The Labute approximate surface area is 428 Å². The van der Waals surface area contributed by atoms with Crippen LogP contribution in [0.3, 0.4) is 0 Å². The summed E-state index contributed by atoms with van der Waals surface area (Å²) >= 11 is 0. The number of carbonyl (C=O) groups excluding carboxylic acids is 3. The van der Waals surface area contributed by atoms with Gasteiger partial charge in [-0.3, -0.25) is 34.3 Å². The summed E-state index contributed by atoms with van der Waals surface area (Å²) in [7, 11) is 1.90. The van der Waals surface area contributed by atoms with E-state index in [9.17, 15) is 19.5 Å². The first-order valence-electron chi connectivity index (χ1n) is 26.7. The highest BCUT2D eigenvalue weighted by Crippen LogP contribution is 2.47. The number of anilines is 1. The average molecular weight is 1010 g/mol. The molecule has 16 nitrogen and oxygen atoms in total. The molecule has 2 unspecified atom stereocenters. The first kappa shape index (κ1) is 48.6. The van der Waals surface area contributed by atoms with Crippen LogP contribution in [-0.2, 0) is 32.6 Å². The number of imide groups is 1. The van der Waals surface area contributed by atoms with E-state index in [1.807, 2.05) is 23.6 Å². The van der Waals surface area contributed by atoms with E-state index in [0.717, 1.165) is 101 Å². The quantitative estimate of drug-likeness (QED) is 0.119. The van der Waals surface area contributed by atoms with E-state index < -0.39 is 17.6 Å². The van der Waals surface area contributed by atoms with Crippen LogP contribution in [0, 0.1) is 17.0 Å². The molecule has 0 bridgehead atoms. The predicted octanol–water partition coefficient (Wildman–Crippen LogP) is 7.13. The average Bonchev–Trinajstić information content (AvgIpc) is 4.14. The van der Waals surface area contributed by atoms with Crippen LogP contribution in [0.25, 0.3) is 43.8 Å². The second-order valence-electron chi connectivity index (χ2n) is 21.9. The molecule has 74 heavy (non-hydrogen) atoms. The molecule has 2 atom stereocenters. The zero-order valence-electron chi connectivity index (χ0n) is 42.3. The number of rotatable bonds is 12. The summed E-state index contributed by atoms with van der Waals surface area (Å²) in [5, 5.41) is 20.4. The van der Waals surface area contributed by atoms with Gasteiger partial charge in [0.1, 0.15) is 28.6 Å². The van der Waals surface area contributed by atoms with Crippen LogP contribution in [0.5, 0.6) is 11.8 Å². The standard InChI is InChI=1S/C56H64F2N10O6/c1-3-38-43(57)10-7-36-26-37(69)28-41(47(36)38)50-48(58)51-42(29-59-50)52(68-19-4-14-56(32-68)17-25-74-56)62-54(61-51)73-33-55(15-16-55)31-66-18-5-20-67(24-23-66)46(71)30-65-21-12-34(13-22-65)35-6-8-39-44(27-35)64(2)63-49(39)40-9-11-45(70)60-53(40)72/h6-8,10,26-29,34,40,69H,3-5,9,11-25,30-33H2,1-2H3,(H,60,70,72). The fourth-order valence-corrected chi connectivity index (χ4v) is 12.6. The molecule has 1 aliphatic carbocycles. The minimum Gasteiger partial charge on any atom is -0.508 e. The number of aromatic hydroxyl groups is 1. The van der Waals surface area contributed by atoms with Crippen LogP contribution in [0.4, 0.5) is 14.6 Å². The van der Waals surface area contributed by atoms with Gasteiger partial charge in [-0.25, -0.2) is 8.78 Å². The largest absolute Gasteiger partial charge is 0.508 e. The van der Waals surface area contributed by atoms with Crippen molar-refractivity contribution in [3.8, 4) is 23.0 Å². The fourth-order valence-electron chi connectivity index (χ4n) is 12.6. The molecular weight excluding hydrogens is 947 g/mol. The third kappa shape index (κ3) is 9.20. The van der Waals surface area contributed by atoms with Crippen molar-refractivity contribution in [1.82, 2.24) is 44.7 Å². The van der Waals surface area contributed by atoms with Crippen molar-refractivity contribution < 1.29 is 37.7 Å². The number of nitrogens with one attached hydrogen (secondary N) is 1. The van der Waals surface area contributed by atoms with Crippen LogP contribution in [0.1, 0.15) is 99.8 Å². The molecule has 3 amide bonds. The lowest BCUT2D eigenvalue weighted by molar-refractivity contribution is -0.151. The Hall–Kier alpha value is -6.37. The number of hydrogen-bond donors (Lipinski definition) is 2. The Kier molecular flexibility index (Phi) is 12.7. The van der Waals surface area contributed by atoms with Gasteiger partial charge in [0.25, 0.3) is 0 Å². The first-order chi connectivity index (χ1) is 35.8. The molecule has 18 heteroatoms. The van der Waals surface area contributed by atoms with Crippen LogP contribution in [0.2, 0.25) is 0 Å². The second-order valence-corrected chi connectivity index (χ2v) is 21.9. The van der Waals surface area contributed by atoms with Crippen LogP contribution in [0.15, 0.2) is 48.7 Å². The lowest BCUT2D eigenvalue weighted by Gasteiger charge is -2.48. The Morgan fingerprint density at radius 1 is 0.919 bits per heavy atom. The molecule has 388 valence electrons. The summed E-state index contributed by atoms with van der Waals surface area (Å²) in [6, 6.07) is 12.4. The normalized spacial score (nSPS) is 22.9. The maximum absolute atomic E-state index is 17.3. The highest BCUT2D eigenvalue weighted by molar-refractivity contribution is 6.03. The van der Waals surface area contributed by atoms with Gasteiger partial charge >= 0.3 is 6.01 Å². The molecule has 3 aromatic carbocycles. The van der Waals surface area contributed by atoms with Gasteiger partial charge in [-0.15, -0.1) is 0 Å². The topological polar surface area (TPSA) is 171 Å². The third-order valence-corrected chi connectivity index (χ3v) is 17.1. The molecule has 8 heterocycles. The van der Waals surface area contributed by atoms with E-state index in [0.29, 0.717) is 98.7 Å². The third-order valence-electron chi connectivity index (χ3n) is 17.1. The van der Waals surface area contributed by atoms with E-state index in [-0.39, 0.29) is 57.3 Å². The van der Waals surface area contributed by atoms with Gasteiger partial charge < -0.3 is 29.3 Å². The molecule has 6 fully saturated rings. The molecule has 3 aromatic heterocycles. The summed E-state index contributed by atoms with van der Waals surface area (Å²) in [6.07, 6.45) is 10.2. The van der Waals surface area contributed by atoms with E-state index in [1.165, 1.54) is 17.7 Å². The van der Waals surface area contributed by atoms with Gasteiger partial charge in [0.2, 0.25) is 17.7 Å². The number of amides is 3. The summed E-state index contributed by atoms with van der Waals surface area (Å²) in [5.74, 6) is -1.07. The molecule has 6 aromatic rings. The fraction of sp³-hybridized carbons (Fsp3) is 0.518. The van der Waals surface area contributed by atoms with E-state index >= 15 is 8.78 Å². The van der Waals surface area contributed by atoms with Crippen molar-refractivity contribution in [2.45, 2.75) is 95.0 Å². The number of halogens is 2. The Morgan fingerprint density at radius 3 is 2.53 bits per heavy atom. The SMILES string of the molecule is CCc1c(F)ccc2cc(O)cc(-c3ncc4c(N5CCCC6(CCO6)C5)nc(OCC5(CN6CCCN(C(=O)CN7CCC(c8ccc9c(C%10CCC(=O)NC%10=O)nn(C)c9c8)CC7)CC6)CC5)nc4c3F)c12. The molecule has 1 saturated carbocycles. The van der Waals surface area contributed by atoms with E-state index in [4.69, 9.17) is 24.5 Å². The summed E-state index contributed by atoms with van der Waals surface area (Å²) < 4.78 is 47.0. The number of piperidine rings is 3. The number of aromatic nitrogens is 5. The molecule has 1 spiro atoms. The Balaban J connectivity index is 0.695. The molecule has 5 aliphatic heterocycles. The van der Waals surface area contributed by atoms with Crippen molar-refractivity contribution in [2.75, 3.05) is 83.6 Å². The lowest BCUT2D eigenvalue weighted by atomic mass is 9.86. The van der Waals surface area contributed by atoms with Crippen molar-refractivity contribution in [3.05, 3.63) is 77.1 Å². The van der Waals surface area contributed by atoms with Gasteiger partial charge in [-0.1, -0.05) is 25.1 Å². The Bertz CT molecular complexity index is 3200. The van der Waals surface area contributed by atoms with Crippen LogP contribution >= 0.6 is 0 Å². The minimum atomic E-state index is -0.696.